The molecule has 1 heterocycles. The predicted molar refractivity (Wildman–Crippen MR) is 45.2 cm³/mol. The van der Waals surface area contributed by atoms with Gasteiger partial charge >= 0.3 is 0 Å². The van der Waals surface area contributed by atoms with Gasteiger partial charge in [-0.3, -0.25) is 0 Å². The van der Waals surface area contributed by atoms with Crippen molar-refractivity contribution in [1.29, 1.82) is 0 Å². The average molecular weight is 217 g/mol. The van der Waals surface area contributed by atoms with Crippen LogP contribution in [-0.2, 0) is 11.3 Å². The minimum Gasteiger partial charge on any atom is -0.377 e. The number of rotatable bonds is 2. The lowest BCUT2D eigenvalue weighted by atomic mass is 10.4. The van der Waals surface area contributed by atoms with Gasteiger partial charge in [0.2, 0.25) is 0 Å². The Kier molecular flexibility index (Phi) is 2.96. The number of ether oxygens (including phenoxy) is 1. The van der Waals surface area contributed by atoms with E-state index in [9.17, 15) is 0 Å². The van der Waals surface area contributed by atoms with Crippen LogP contribution in [0.5, 0.6) is 0 Å². The summed E-state index contributed by atoms with van der Waals surface area (Å²) in [6.07, 6.45) is 1.73. The van der Waals surface area contributed by atoms with Crippen molar-refractivity contribution in [3.05, 3.63) is 22.2 Å². The third kappa shape index (κ3) is 2.24. The van der Waals surface area contributed by atoms with Gasteiger partial charge in [-0.05, 0) is 22.9 Å². The molecule has 0 aromatic carbocycles. The monoisotopic (exact) mass is 216 g/mol. The van der Waals surface area contributed by atoms with Crippen molar-refractivity contribution in [2.45, 2.75) is 13.5 Å². The Morgan fingerprint density at radius 2 is 2.36 bits per heavy atom. The first kappa shape index (κ1) is 8.62. The molecule has 0 bridgehead atoms. The zero-order valence-electron chi connectivity index (χ0n) is 6.47. The van der Waals surface area contributed by atoms with Gasteiger partial charge in [0.05, 0.1) is 10.2 Å². The van der Waals surface area contributed by atoms with E-state index in [-0.39, 0.29) is 0 Å². The van der Waals surface area contributed by atoms with Crippen LogP contribution in [-0.4, -0.2) is 17.1 Å². The summed E-state index contributed by atoms with van der Waals surface area (Å²) in [6, 6.07) is 0. The summed E-state index contributed by atoms with van der Waals surface area (Å²) in [7, 11) is 1.63. The minimum atomic E-state index is 0.466. The van der Waals surface area contributed by atoms with E-state index in [4.69, 9.17) is 4.74 Å². The van der Waals surface area contributed by atoms with Crippen molar-refractivity contribution in [3.8, 4) is 0 Å². The fourth-order valence-electron chi connectivity index (χ4n) is 0.699. The first-order valence-corrected chi connectivity index (χ1v) is 4.00. The number of aromatic nitrogens is 2. The van der Waals surface area contributed by atoms with Gasteiger partial charge in [-0.2, -0.15) is 0 Å². The van der Waals surface area contributed by atoms with E-state index >= 15 is 0 Å². The maximum Gasteiger partial charge on any atom is 0.154 e. The lowest BCUT2D eigenvalue weighted by Gasteiger charge is -1.99. The fraction of sp³-hybridized carbons (Fsp3) is 0.429. The normalized spacial score (nSPS) is 10.1. The van der Waals surface area contributed by atoms with E-state index in [0.29, 0.717) is 12.4 Å². The molecule has 0 unspecified atom stereocenters. The zero-order chi connectivity index (χ0) is 8.27. The smallest absolute Gasteiger partial charge is 0.154 e. The van der Waals surface area contributed by atoms with Crippen LogP contribution in [0.15, 0.2) is 10.7 Å². The molecule has 0 aliphatic heterocycles. The van der Waals surface area contributed by atoms with Crippen LogP contribution < -0.4 is 0 Å². The van der Waals surface area contributed by atoms with Crippen LogP contribution in [0, 0.1) is 6.92 Å². The number of hydrogen-bond acceptors (Lipinski definition) is 3. The lowest BCUT2D eigenvalue weighted by molar-refractivity contribution is 0.177. The Morgan fingerprint density at radius 3 is 2.91 bits per heavy atom. The van der Waals surface area contributed by atoms with Gasteiger partial charge in [-0.25, -0.2) is 9.97 Å². The van der Waals surface area contributed by atoms with Gasteiger partial charge in [0.1, 0.15) is 6.61 Å². The minimum absolute atomic E-state index is 0.466. The maximum absolute atomic E-state index is 4.88. The van der Waals surface area contributed by atoms with Crippen LogP contribution in [0.1, 0.15) is 11.5 Å². The molecule has 0 fully saturated rings. The van der Waals surface area contributed by atoms with Crippen LogP contribution in [0.4, 0.5) is 0 Å². The second kappa shape index (κ2) is 3.78. The maximum atomic E-state index is 4.88. The van der Waals surface area contributed by atoms with Crippen molar-refractivity contribution < 1.29 is 4.74 Å². The van der Waals surface area contributed by atoms with E-state index in [1.807, 2.05) is 6.92 Å². The molecule has 60 valence electrons. The quantitative estimate of drug-likeness (QED) is 0.756. The molecule has 1 rings (SSSR count). The van der Waals surface area contributed by atoms with Crippen molar-refractivity contribution in [2.24, 2.45) is 0 Å². The molecule has 0 atom stereocenters. The average Bonchev–Trinajstić information content (AvgIpc) is 1.98. The summed E-state index contributed by atoms with van der Waals surface area (Å²) in [5, 5.41) is 0. The first-order chi connectivity index (χ1) is 5.24. The summed E-state index contributed by atoms with van der Waals surface area (Å²) >= 11 is 3.31. The van der Waals surface area contributed by atoms with E-state index in [0.717, 1.165) is 10.2 Å². The highest BCUT2D eigenvalue weighted by molar-refractivity contribution is 9.10. The van der Waals surface area contributed by atoms with Crippen molar-refractivity contribution in [1.82, 2.24) is 9.97 Å². The Hall–Kier alpha value is -0.480. The van der Waals surface area contributed by atoms with E-state index < -0.39 is 0 Å². The van der Waals surface area contributed by atoms with Gasteiger partial charge in [0, 0.05) is 13.3 Å². The Morgan fingerprint density at radius 1 is 1.64 bits per heavy atom. The topological polar surface area (TPSA) is 35.0 Å². The van der Waals surface area contributed by atoms with Crippen molar-refractivity contribution in [3.63, 3.8) is 0 Å². The molecule has 0 aliphatic carbocycles. The van der Waals surface area contributed by atoms with Crippen LogP contribution >= 0.6 is 15.9 Å². The van der Waals surface area contributed by atoms with E-state index in [1.165, 1.54) is 0 Å². The molecule has 1 aromatic heterocycles. The molecule has 1 aromatic rings. The molecule has 0 spiro atoms. The second-order valence-corrected chi connectivity index (χ2v) is 3.01. The number of hydrogen-bond donors (Lipinski definition) is 0. The number of methoxy groups -OCH3 is 1. The molecule has 3 nitrogen and oxygen atoms in total. The molecule has 0 N–H and O–H groups in total. The highest BCUT2D eigenvalue weighted by Gasteiger charge is 1.98. The van der Waals surface area contributed by atoms with Crippen molar-refractivity contribution in [2.75, 3.05) is 7.11 Å². The Labute approximate surface area is 73.9 Å². The number of nitrogens with zero attached hydrogens (tertiary/aromatic N) is 2. The van der Waals surface area contributed by atoms with Gasteiger partial charge in [-0.15, -0.1) is 0 Å². The summed E-state index contributed by atoms with van der Waals surface area (Å²) in [5.41, 5.74) is 0.937. The summed E-state index contributed by atoms with van der Waals surface area (Å²) in [6.45, 7) is 2.39. The zero-order valence-corrected chi connectivity index (χ0v) is 8.05. The molecule has 0 amide bonds. The third-order valence-corrected chi connectivity index (χ3v) is 2.02. The molecular formula is C7H9BrN2O. The van der Waals surface area contributed by atoms with Crippen molar-refractivity contribution >= 4 is 15.9 Å². The Balaban J connectivity index is 2.86. The number of halogens is 1. The van der Waals surface area contributed by atoms with Gasteiger partial charge in [0.15, 0.2) is 5.82 Å². The van der Waals surface area contributed by atoms with Crippen LogP contribution in [0.25, 0.3) is 0 Å². The summed E-state index contributed by atoms with van der Waals surface area (Å²) in [4.78, 5) is 8.23. The highest BCUT2D eigenvalue weighted by Crippen LogP contribution is 2.11. The van der Waals surface area contributed by atoms with Gasteiger partial charge in [-0.1, -0.05) is 0 Å². The Bertz CT molecular complexity index is 252. The van der Waals surface area contributed by atoms with Crippen LogP contribution in [0.2, 0.25) is 0 Å². The predicted octanol–water partition coefficient (Wildman–Crippen LogP) is 1.69. The van der Waals surface area contributed by atoms with E-state index in [2.05, 4.69) is 25.9 Å². The SMILES string of the molecule is COCc1ncc(Br)c(C)n1. The van der Waals surface area contributed by atoms with Gasteiger partial charge in [0.25, 0.3) is 0 Å². The molecule has 0 saturated carbocycles. The highest BCUT2D eigenvalue weighted by atomic mass is 79.9. The third-order valence-electron chi connectivity index (χ3n) is 1.24. The first-order valence-electron chi connectivity index (χ1n) is 3.21. The fourth-order valence-corrected chi connectivity index (χ4v) is 0.890. The largest absolute Gasteiger partial charge is 0.377 e. The molecular weight excluding hydrogens is 208 g/mol. The molecule has 11 heavy (non-hydrogen) atoms. The summed E-state index contributed by atoms with van der Waals surface area (Å²) < 4.78 is 5.81. The molecule has 0 radical (unpaired) electrons. The lowest BCUT2D eigenvalue weighted by Crippen LogP contribution is -1.98. The summed E-state index contributed by atoms with van der Waals surface area (Å²) in [5.74, 6) is 0.716. The van der Waals surface area contributed by atoms with E-state index in [1.54, 1.807) is 13.3 Å². The number of aryl methyl sites for hydroxylation is 1. The second-order valence-electron chi connectivity index (χ2n) is 2.15. The molecule has 4 heteroatoms. The molecule has 0 aliphatic rings. The van der Waals surface area contributed by atoms with Crippen LogP contribution in [0.3, 0.4) is 0 Å². The molecule has 0 saturated heterocycles. The standard InChI is InChI=1S/C7H9BrN2O/c1-5-6(8)3-9-7(10-5)4-11-2/h3H,4H2,1-2H3. The van der Waals surface area contributed by atoms with Gasteiger partial charge < -0.3 is 4.74 Å².